The molecule has 1 aromatic carbocycles. The first-order valence-electron chi connectivity index (χ1n) is 7.69. The molecule has 2 aromatic rings. The zero-order valence-electron chi connectivity index (χ0n) is 14.0. The van der Waals surface area contributed by atoms with Crippen molar-refractivity contribution in [3.63, 3.8) is 0 Å². The predicted octanol–water partition coefficient (Wildman–Crippen LogP) is 2.56. The molecule has 1 aromatic heterocycles. The Kier molecular flexibility index (Phi) is 5.62. The molecule has 6 nitrogen and oxygen atoms in total. The summed E-state index contributed by atoms with van der Waals surface area (Å²) in [5.74, 6) is 0.799. The highest BCUT2D eigenvalue weighted by Gasteiger charge is 2.13. The Morgan fingerprint density at radius 1 is 1.26 bits per heavy atom. The van der Waals surface area contributed by atoms with Crippen LogP contribution in [0.4, 0.5) is 4.79 Å². The Morgan fingerprint density at radius 3 is 2.57 bits per heavy atom. The Hall–Kier alpha value is -2.50. The standard InChI is InChI=1S/C17H24N4O2/c1-12-5-7-16(8-6-12)23-11-13(2)19-17(22)20-14(3)15-9-18-21(4)10-15/h5-10,13-14H,11H2,1-4H3,(H2,19,20,22)/t13-,14+/m0/s1. The number of aromatic nitrogens is 2. The van der Waals surface area contributed by atoms with Crippen LogP contribution in [0.1, 0.15) is 31.0 Å². The van der Waals surface area contributed by atoms with E-state index < -0.39 is 0 Å². The zero-order chi connectivity index (χ0) is 16.8. The second-order valence-electron chi connectivity index (χ2n) is 5.81. The molecule has 2 rings (SSSR count). The van der Waals surface area contributed by atoms with Crippen molar-refractivity contribution < 1.29 is 9.53 Å². The molecule has 1 heterocycles. The monoisotopic (exact) mass is 316 g/mol. The lowest BCUT2D eigenvalue weighted by atomic mass is 10.2. The molecule has 0 saturated heterocycles. The fourth-order valence-corrected chi connectivity index (χ4v) is 2.11. The predicted molar refractivity (Wildman–Crippen MR) is 89.4 cm³/mol. The summed E-state index contributed by atoms with van der Waals surface area (Å²) in [6.45, 7) is 6.27. The van der Waals surface area contributed by atoms with Gasteiger partial charge in [-0.05, 0) is 32.9 Å². The minimum Gasteiger partial charge on any atom is -0.491 e. The van der Waals surface area contributed by atoms with Gasteiger partial charge in [0.1, 0.15) is 12.4 Å². The van der Waals surface area contributed by atoms with Gasteiger partial charge in [0.05, 0.1) is 18.3 Å². The first-order chi connectivity index (χ1) is 10.9. The third kappa shape index (κ3) is 5.32. The van der Waals surface area contributed by atoms with Gasteiger partial charge in [-0.3, -0.25) is 4.68 Å². The number of rotatable bonds is 6. The van der Waals surface area contributed by atoms with Gasteiger partial charge in [0.25, 0.3) is 0 Å². The van der Waals surface area contributed by atoms with Gasteiger partial charge in [0.2, 0.25) is 0 Å². The van der Waals surface area contributed by atoms with E-state index in [-0.39, 0.29) is 18.1 Å². The Balaban J connectivity index is 1.74. The highest BCUT2D eigenvalue weighted by Crippen LogP contribution is 2.12. The summed E-state index contributed by atoms with van der Waals surface area (Å²) in [7, 11) is 1.85. The van der Waals surface area contributed by atoms with Gasteiger partial charge >= 0.3 is 6.03 Å². The summed E-state index contributed by atoms with van der Waals surface area (Å²) in [5.41, 5.74) is 2.15. The molecule has 2 atom stereocenters. The number of nitrogens with zero attached hydrogens (tertiary/aromatic N) is 2. The summed E-state index contributed by atoms with van der Waals surface area (Å²) in [6.07, 6.45) is 3.63. The van der Waals surface area contributed by atoms with Crippen molar-refractivity contribution in [2.75, 3.05) is 6.61 Å². The first-order valence-corrected chi connectivity index (χ1v) is 7.69. The van der Waals surface area contributed by atoms with Gasteiger partial charge in [-0.2, -0.15) is 5.10 Å². The summed E-state index contributed by atoms with van der Waals surface area (Å²) >= 11 is 0. The Bertz CT molecular complexity index is 636. The van der Waals surface area contributed by atoms with Crippen molar-refractivity contribution >= 4 is 6.03 Å². The SMILES string of the molecule is Cc1ccc(OC[C@H](C)NC(=O)N[C@H](C)c2cnn(C)c2)cc1. The highest BCUT2D eigenvalue weighted by atomic mass is 16.5. The number of aryl methyl sites for hydroxylation is 2. The maximum Gasteiger partial charge on any atom is 0.315 e. The number of carbonyl (C=O) groups excluding carboxylic acids is 1. The van der Waals surface area contributed by atoms with Crippen LogP contribution in [0.2, 0.25) is 0 Å². The summed E-state index contributed by atoms with van der Waals surface area (Å²) in [5, 5.41) is 9.85. The molecule has 0 spiro atoms. The smallest absolute Gasteiger partial charge is 0.315 e. The quantitative estimate of drug-likeness (QED) is 0.860. The van der Waals surface area contributed by atoms with E-state index in [2.05, 4.69) is 15.7 Å². The summed E-state index contributed by atoms with van der Waals surface area (Å²) in [4.78, 5) is 12.0. The Morgan fingerprint density at radius 2 is 1.96 bits per heavy atom. The van der Waals surface area contributed by atoms with Crippen LogP contribution >= 0.6 is 0 Å². The number of carbonyl (C=O) groups is 1. The van der Waals surface area contributed by atoms with E-state index in [4.69, 9.17) is 4.74 Å². The molecular weight excluding hydrogens is 292 g/mol. The largest absolute Gasteiger partial charge is 0.491 e. The number of amides is 2. The van der Waals surface area contributed by atoms with Gasteiger partial charge in [0, 0.05) is 18.8 Å². The molecule has 23 heavy (non-hydrogen) atoms. The van der Waals surface area contributed by atoms with Gasteiger partial charge in [-0.15, -0.1) is 0 Å². The lowest BCUT2D eigenvalue weighted by Crippen LogP contribution is -2.44. The number of benzene rings is 1. The van der Waals surface area contributed by atoms with Crippen molar-refractivity contribution in [1.82, 2.24) is 20.4 Å². The summed E-state index contributed by atoms with van der Waals surface area (Å²) in [6, 6.07) is 7.41. The average Bonchev–Trinajstić information content (AvgIpc) is 2.93. The van der Waals surface area contributed by atoms with Gasteiger partial charge in [0.15, 0.2) is 0 Å². The third-order valence-corrected chi connectivity index (χ3v) is 3.47. The topological polar surface area (TPSA) is 68.2 Å². The van der Waals surface area contributed by atoms with Crippen LogP contribution in [0.15, 0.2) is 36.7 Å². The van der Waals surface area contributed by atoms with Crippen LogP contribution in [-0.4, -0.2) is 28.5 Å². The molecule has 2 N–H and O–H groups in total. The molecule has 0 saturated carbocycles. The minimum absolute atomic E-state index is 0.0996. The molecule has 0 aliphatic heterocycles. The van der Waals surface area contributed by atoms with Crippen molar-refractivity contribution in [2.45, 2.75) is 32.9 Å². The van der Waals surface area contributed by atoms with E-state index in [9.17, 15) is 4.79 Å². The van der Waals surface area contributed by atoms with E-state index >= 15 is 0 Å². The molecule has 0 unspecified atom stereocenters. The first kappa shape index (κ1) is 16.9. The number of ether oxygens (including phenoxy) is 1. The third-order valence-electron chi connectivity index (χ3n) is 3.47. The van der Waals surface area contributed by atoms with Crippen molar-refractivity contribution in [3.8, 4) is 5.75 Å². The second kappa shape index (κ2) is 7.67. The molecule has 0 aliphatic rings. The van der Waals surface area contributed by atoms with Crippen LogP contribution in [0, 0.1) is 6.92 Å². The van der Waals surface area contributed by atoms with Crippen LogP contribution < -0.4 is 15.4 Å². The fourth-order valence-electron chi connectivity index (χ4n) is 2.11. The van der Waals surface area contributed by atoms with Gasteiger partial charge < -0.3 is 15.4 Å². The van der Waals surface area contributed by atoms with E-state index in [0.717, 1.165) is 11.3 Å². The van der Waals surface area contributed by atoms with Crippen LogP contribution in [0.3, 0.4) is 0 Å². The molecule has 0 radical (unpaired) electrons. The lowest BCUT2D eigenvalue weighted by molar-refractivity contribution is 0.224. The van der Waals surface area contributed by atoms with Crippen molar-refractivity contribution in [1.29, 1.82) is 0 Å². The van der Waals surface area contributed by atoms with Gasteiger partial charge in [-0.1, -0.05) is 17.7 Å². The normalized spacial score (nSPS) is 13.2. The fraction of sp³-hybridized carbons (Fsp3) is 0.412. The molecule has 0 aliphatic carbocycles. The van der Waals surface area contributed by atoms with Crippen LogP contribution in [0.25, 0.3) is 0 Å². The molecule has 6 heteroatoms. The maximum absolute atomic E-state index is 12.0. The molecule has 124 valence electrons. The molecule has 0 fully saturated rings. The number of urea groups is 1. The minimum atomic E-state index is -0.221. The van der Waals surface area contributed by atoms with Crippen molar-refractivity contribution in [2.24, 2.45) is 7.05 Å². The number of hydrogen-bond donors (Lipinski definition) is 2. The summed E-state index contributed by atoms with van der Waals surface area (Å²) < 4.78 is 7.37. The molecule has 0 bridgehead atoms. The van der Waals surface area contributed by atoms with Crippen LogP contribution in [0.5, 0.6) is 5.75 Å². The number of hydrogen-bond acceptors (Lipinski definition) is 3. The average molecular weight is 316 g/mol. The lowest BCUT2D eigenvalue weighted by Gasteiger charge is -2.18. The van der Waals surface area contributed by atoms with Crippen molar-refractivity contribution in [3.05, 3.63) is 47.8 Å². The molecular formula is C17H24N4O2. The van der Waals surface area contributed by atoms with E-state index in [0.29, 0.717) is 6.61 Å². The van der Waals surface area contributed by atoms with E-state index in [1.165, 1.54) is 5.56 Å². The zero-order valence-corrected chi connectivity index (χ0v) is 14.0. The highest BCUT2D eigenvalue weighted by molar-refractivity contribution is 5.74. The second-order valence-corrected chi connectivity index (χ2v) is 5.81. The molecule has 2 amide bonds. The Labute approximate surface area is 136 Å². The number of nitrogens with one attached hydrogen (secondary N) is 2. The van der Waals surface area contributed by atoms with E-state index in [1.54, 1.807) is 10.9 Å². The van der Waals surface area contributed by atoms with Gasteiger partial charge in [-0.25, -0.2) is 4.79 Å². The maximum atomic E-state index is 12.0. The van der Waals surface area contributed by atoms with Crippen LogP contribution in [-0.2, 0) is 7.05 Å². The van der Waals surface area contributed by atoms with E-state index in [1.807, 2.05) is 58.3 Å².